The minimum atomic E-state index is -0.750. The van der Waals surface area contributed by atoms with Gasteiger partial charge in [-0.25, -0.2) is 4.79 Å². The molecule has 0 aromatic rings. The van der Waals surface area contributed by atoms with E-state index in [1.54, 1.807) is 7.11 Å². The van der Waals surface area contributed by atoms with Gasteiger partial charge in [-0.15, -0.1) is 0 Å². The van der Waals surface area contributed by atoms with E-state index in [1.165, 1.54) is 12.8 Å². The Morgan fingerprint density at radius 1 is 1.47 bits per heavy atom. The molecule has 4 heteroatoms. The fourth-order valence-corrected chi connectivity index (χ4v) is 2.35. The molecule has 1 N–H and O–H groups in total. The molecule has 0 amide bonds. The van der Waals surface area contributed by atoms with E-state index in [9.17, 15) is 4.79 Å². The second-order valence-corrected chi connectivity index (χ2v) is 4.93. The molecule has 0 saturated heterocycles. The Hall–Kier alpha value is -0.610. The summed E-state index contributed by atoms with van der Waals surface area (Å²) in [6, 6.07) is 0.405. The lowest BCUT2D eigenvalue weighted by atomic mass is 9.94. The van der Waals surface area contributed by atoms with Crippen LogP contribution >= 0.6 is 0 Å². The fraction of sp³-hybridized carbons (Fsp3) is 0.923. The molecule has 1 saturated carbocycles. The number of rotatable bonds is 6. The van der Waals surface area contributed by atoms with Crippen LogP contribution in [0.1, 0.15) is 46.5 Å². The molecule has 0 aliphatic heterocycles. The summed E-state index contributed by atoms with van der Waals surface area (Å²) in [7, 11) is 1.62. The lowest BCUT2D eigenvalue weighted by Gasteiger charge is -2.35. The standard InChI is InChI=1S/C13H25NO3/c1-5-17-12(15)13(3,10(2)16-4)14-11-8-6-7-9-11/h10-11,14H,5-9H2,1-4H3. The van der Waals surface area contributed by atoms with E-state index in [4.69, 9.17) is 9.47 Å². The van der Waals surface area contributed by atoms with Gasteiger partial charge in [0.05, 0.1) is 12.7 Å². The summed E-state index contributed by atoms with van der Waals surface area (Å²) in [5.41, 5.74) is -0.750. The average Bonchev–Trinajstić information content (AvgIpc) is 2.80. The lowest BCUT2D eigenvalue weighted by Crippen LogP contribution is -2.60. The monoisotopic (exact) mass is 243 g/mol. The third kappa shape index (κ3) is 3.42. The van der Waals surface area contributed by atoms with Gasteiger partial charge in [-0.3, -0.25) is 5.32 Å². The Morgan fingerprint density at radius 2 is 2.06 bits per heavy atom. The first-order valence-corrected chi connectivity index (χ1v) is 6.52. The van der Waals surface area contributed by atoms with Gasteiger partial charge < -0.3 is 9.47 Å². The van der Waals surface area contributed by atoms with Gasteiger partial charge in [0, 0.05) is 13.2 Å². The van der Waals surface area contributed by atoms with E-state index in [1.807, 2.05) is 20.8 Å². The Kier molecular flexibility index (Phi) is 5.40. The fourth-order valence-electron chi connectivity index (χ4n) is 2.35. The van der Waals surface area contributed by atoms with Crippen molar-refractivity contribution in [1.82, 2.24) is 5.32 Å². The molecule has 0 heterocycles. The Bertz CT molecular complexity index is 251. The maximum absolute atomic E-state index is 12.1. The molecule has 0 bridgehead atoms. The highest BCUT2D eigenvalue weighted by molar-refractivity contribution is 5.81. The Balaban J connectivity index is 2.72. The smallest absolute Gasteiger partial charge is 0.328 e. The highest BCUT2D eigenvalue weighted by Crippen LogP contribution is 2.23. The molecular formula is C13H25NO3. The van der Waals surface area contributed by atoms with Gasteiger partial charge in [0.15, 0.2) is 0 Å². The van der Waals surface area contributed by atoms with Crippen LogP contribution in [0.25, 0.3) is 0 Å². The zero-order valence-corrected chi connectivity index (χ0v) is 11.4. The number of nitrogens with one attached hydrogen (secondary N) is 1. The van der Waals surface area contributed by atoms with E-state index < -0.39 is 5.54 Å². The molecule has 2 unspecified atom stereocenters. The van der Waals surface area contributed by atoms with Crippen LogP contribution in [0.5, 0.6) is 0 Å². The van der Waals surface area contributed by atoms with Crippen LogP contribution in [0.15, 0.2) is 0 Å². The summed E-state index contributed by atoms with van der Waals surface area (Å²) in [4.78, 5) is 12.1. The summed E-state index contributed by atoms with van der Waals surface area (Å²) >= 11 is 0. The molecule has 0 spiro atoms. The number of carbonyl (C=O) groups excluding carboxylic acids is 1. The van der Waals surface area contributed by atoms with E-state index in [0.29, 0.717) is 12.6 Å². The maximum Gasteiger partial charge on any atom is 0.328 e. The summed E-state index contributed by atoms with van der Waals surface area (Å²) < 4.78 is 10.5. The molecule has 1 aliphatic carbocycles. The Labute approximate surface area is 104 Å². The normalized spacial score (nSPS) is 22.1. The predicted octanol–water partition coefficient (Wildman–Crippen LogP) is 1.88. The first-order valence-electron chi connectivity index (χ1n) is 6.52. The van der Waals surface area contributed by atoms with Crippen LogP contribution in [-0.4, -0.2) is 37.4 Å². The molecule has 0 aromatic heterocycles. The number of hydrogen-bond acceptors (Lipinski definition) is 4. The molecule has 1 aliphatic rings. The highest BCUT2D eigenvalue weighted by Gasteiger charge is 2.42. The molecule has 1 fully saturated rings. The van der Waals surface area contributed by atoms with Crippen molar-refractivity contribution in [2.75, 3.05) is 13.7 Å². The van der Waals surface area contributed by atoms with E-state index >= 15 is 0 Å². The number of esters is 1. The molecule has 0 aromatic carbocycles. The van der Waals surface area contributed by atoms with Gasteiger partial charge >= 0.3 is 5.97 Å². The van der Waals surface area contributed by atoms with Crippen molar-refractivity contribution >= 4 is 5.97 Å². The van der Waals surface area contributed by atoms with Gasteiger partial charge in [0.2, 0.25) is 0 Å². The molecule has 4 nitrogen and oxygen atoms in total. The van der Waals surface area contributed by atoms with Gasteiger partial charge in [-0.1, -0.05) is 12.8 Å². The largest absolute Gasteiger partial charge is 0.465 e. The van der Waals surface area contributed by atoms with Gasteiger partial charge in [0.1, 0.15) is 5.54 Å². The SMILES string of the molecule is CCOC(=O)C(C)(NC1CCCC1)C(C)OC. The zero-order chi connectivity index (χ0) is 12.9. The molecule has 0 radical (unpaired) electrons. The van der Waals surface area contributed by atoms with Gasteiger partial charge in [0.25, 0.3) is 0 Å². The van der Waals surface area contributed by atoms with Crippen LogP contribution < -0.4 is 5.32 Å². The lowest BCUT2D eigenvalue weighted by molar-refractivity contribution is -0.156. The van der Waals surface area contributed by atoms with Crippen molar-refractivity contribution in [1.29, 1.82) is 0 Å². The minimum absolute atomic E-state index is 0.206. The Morgan fingerprint density at radius 3 is 2.53 bits per heavy atom. The highest BCUT2D eigenvalue weighted by atomic mass is 16.5. The topological polar surface area (TPSA) is 47.6 Å². The van der Waals surface area contributed by atoms with E-state index in [2.05, 4.69) is 5.32 Å². The van der Waals surface area contributed by atoms with Crippen LogP contribution in [0, 0.1) is 0 Å². The second kappa shape index (κ2) is 6.36. The van der Waals surface area contributed by atoms with Crippen molar-refractivity contribution in [2.24, 2.45) is 0 Å². The second-order valence-electron chi connectivity index (χ2n) is 4.93. The average molecular weight is 243 g/mol. The maximum atomic E-state index is 12.1. The summed E-state index contributed by atoms with van der Waals surface area (Å²) in [6.45, 7) is 6.00. The number of carbonyl (C=O) groups is 1. The quantitative estimate of drug-likeness (QED) is 0.724. The van der Waals surface area contributed by atoms with Crippen molar-refractivity contribution < 1.29 is 14.3 Å². The number of methoxy groups -OCH3 is 1. The van der Waals surface area contributed by atoms with Crippen molar-refractivity contribution in [3.8, 4) is 0 Å². The molecule has 2 atom stereocenters. The number of ether oxygens (including phenoxy) is 2. The summed E-state index contributed by atoms with van der Waals surface area (Å²) in [5.74, 6) is -0.221. The van der Waals surface area contributed by atoms with Crippen molar-refractivity contribution in [2.45, 2.75) is 64.1 Å². The zero-order valence-electron chi connectivity index (χ0n) is 11.4. The minimum Gasteiger partial charge on any atom is -0.465 e. The van der Waals surface area contributed by atoms with Crippen LogP contribution in [0.2, 0.25) is 0 Å². The summed E-state index contributed by atoms with van der Waals surface area (Å²) in [6.07, 6.45) is 4.52. The molecule has 1 rings (SSSR count). The molecule has 17 heavy (non-hydrogen) atoms. The molecule has 100 valence electrons. The number of hydrogen-bond donors (Lipinski definition) is 1. The van der Waals surface area contributed by atoms with Gasteiger partial charge in [-0.05, 0) is 33.6 Å². The van der Waals surface area contributed by atoms with Crippen LogP contribution in [-0.2, 0) is 14.3 Å². The van der Waals surface area contributed by atoms with Gasteiger partial charge in [-0.2, -0.15) is 0 Å². The third-order valence-electron chi connectivity index (χ3n) is 3.73. The predicted molar refractivity (Wildman–Crippen MR) is 66.9 cm³/mol. The van der Waals surface area contributed by atoms with Crippen molar-refractivity contribution in [3.63, 3.8) is 0 Å². The van der Waals surface area contributed by atoms with Crippen LogP contribution in [0.4, 0.5) is 0 Å². The first kappa shape index (κ1) is 14.5. The van der Waals surface area contributed by atoms with E-state index in [0.717, 1.165) is 12.8 Å². The first-order chi connectivity index (χ1) is 8.04. The van der Waals surface area contributed by atoms with Crippen molar-refractivity contribution in [3.05, 3.63) is 0 Å². The van der Waals surface area contributed by atoms with Crippen LogP contribution in [0.3, 0.4) is 0 Å². The van der Waals surface area contributed by atoms with E-state index in [-0.39, 0.29) is 12.1 Å². The molecular weight excluding hydrogens is 218 g/mol. The third-order valence-corrected chi connectivity index (χ3v) is 3.73. The summed E-state index contributed by atoms with van der Waals surface area (Å²) in [5, 5.41) is 3.43.